The van der Waals surface area contributed by atoms with Crippen LogP contribution in [0.15, 0.2) is 35.3 Å². The summed E-state index contributed by atoms with van der Waals surface area (Å²) in [7, 11) is 3.35. The number of esters is 1. The van der Waals surface area contributed by atoms with Crippen LogP contribution in [0.5, 0.6) is 5.75 Å². The average molecular weight is 567 g/mol. The number of ether oxygens (including phenoxy) is 4. The Morgan fingerprint density at radius 3 is 2.68 bits per heavy atom. The molecule has 3 aromatic rings. The van der Waals surface area contributed by atoms with Gasteiger partial charge in [-0.25, -0.2) is 4.98 Å². The van der Waals surface area contributed by atoms with E-state index in [1.54, 1.807) is 18.7 Å². The Labute approximate surface area is 240 Å². The average Bonchev–Trinajstić information content (AvgIpc) is 3.61. The van der Waals surface area contributed by atoms with E-state index >= 15 is 0 Å². The maximum Gasteiger partial charge on any atom is 0.325 e. The molecule has 10 heteroatoms. The maximum absolute atomic E-state index is 12.6. The molecule has 2 aromatic heterocycles. The van der Waals surface area contributed by atoms with Gasteiger partial charge in [-0.3, -0.25) is 14.9 Å². The maximum atomic E-state index is 12.6. The van der Waals surface area contributed by atoms with Crippen LogP contribution < -0.4 is 15.6 Å². The molecule has 1 saturated heterocycles. The number of benzene rings is 1. The van der Waals surface area contributed by atoms with E-state index in [2.05, 4.69) is 16.0 Å². The number of nitrogens with one attached hydrogen (secondary N) is 1. The number of aryl methyl sites for hydroxylation is 2. The van der Waals surface area contributed by atoms with Crippen LogP contribution in [-0.2, 0) is 32.6 Å². The Morgan fingerprint density at radius 1 is 1.17 bits per heavy atom. The number of fused-ring (bicyclic) bond motifs is 1. The molecule has 2 aliphatic rings. The lowest BCUT2D eigenvalue weighted by atomic mass is 10.00. The summed E-state index contributed by atoms with van der Waals surface area (Å²) in [4.78, 5) is 30.0. The SMILES string of the molecule is COCC(NCCOc1ccc2c(c1)nc(-c1cc(C)c(=O)n(C)c1)n2CC1CCOCC1)C(=O)OC1CCCC1. The Hall–Kier alpha value is -3.21. The number of methoxy groups -OCH3 is 1. The van der Waals surface area contributed by atoms with Crippen LogP contribution in [-0.4, -0.2) is 72.3 Å². The highest BCUT2D eigenvalue weighted by molar-refractivity contribution is 5.82. The van der Waals surface area contributed by atoms with Gasteiger partial charge in [-0.2, -0.15) is 0 Å². The molecule has 1 N–H and O–H groups in total. The summed E-state index contributed by atoms with van der Waals surface area (Å²) in [5, 5.41) is 3.21. The lowest BCUT2D eigenvalue weighted by molar-refractivity contribution is -0.152. The van der Waals surface area contributed by atoms with Gasteiger partial charge in [0.1, 0.15) is 30.3 Å². The molecular formula is C31H42N4O6. The van der Waals surface area contributed by atoms with Crippen molar-refractivity contribution in [2.75, 3.05) is 40.1 Å². The number of hydrogen-bond acceptors (Lipinski definition) is 8. The van der Waals surface area contributed by atoms with E-state index in [4.69, 9.17) is 23.9 Å². The van der Waals surface area contributed by atoms with E-state index in [1.165, 1.54) is 0 Å². The van der Waals surface area contributed by atoms with E-state index in [0.29, 0.717) is 30.4 Å². The van der Waals surface area contributed by atoms with Gasteiger partial charge in [0.25, 0.3) is 5.56 Å². The molecule has 41 heavy (non-hydrogen) atoms. The van der Waals surface area contributed by atoms with Crippen molar-refractivity contribution in [3.8, 4) is 17.1 Å². The van der Waals surface area contributed by atoms with Gasteiger partial charge in [0.2, 0.25) is 0 Å². The van der Waals surface area contributed by atoms with Crippen LogP contribution in [0.3, 0.4) is 0 Å². The second-order valence-corrected chi connectivity index (χ2v) is 11.2. The lowest BCUT2D eigenvalue weighted by Crippen LogP contribution is -2.44. The Kier molecular flexibility index (Phi) is 9.74. The van der Waals surface area contributed by atoms with Gasteiger partial charge in [0, 0.05) is 63.9 Å². The van der Waals surface area contributed by atoms with Crippen LogP contribution in [0.4, 0.5) is 0 Å². The Morgan fingerprint density at radius 2 is 1.95 bits per heavy atom. The molecule has 10 nitrogen and oxygen atoms in total. The van der Waals surface area contributed by atoms with E-state index in [1.807, 2.05) is 31.3 Å². The highest BCUT2D eigenvalue weighted by atomic mass is 16.5. The first-order valence-electron chi connectivity index (χ1n) is 14.7. The van der Waals surface area contributed by atoms with E-state index < -0.39 is 6.04 Å². The summed E-state index contributed by atoms with van der Waals surface area (Å²) in [6, 6.07) is 7.35. The molecule has 0 radical (unpaired) electrons. The third-order valence-electron chi connectivity index (χ3n) is 8.09. The van der Waals surface area contributed by atoms with Crippen LogP contribution >= 0.6 is 0 Å². The van der Waals surface area contributed by atoms with Crippen molar-refractivity contribution < 1.29 is 23.7 Å². The van der Waals surface area contributed by atoms with Crippen molar-refractivity contribution in [1.82, 2.24) is 19.4 Å². The van der Waals surface area contributed by atoms with Crippen molar-refractivity contribution in [2.45, 2.75) is 64.1 Å². The minimum absolute atomic E-state index is 0.00956. The molecule has 1 atom stereocenters. The molecule has 1 saturated carbocycles. The Balaban J connectivity index is 1.29. The molecule has 5 rings (SSSR count). The normalized spacial score (nSPS) is 17.2. The second kappa shape index (κ2) is 13.6. The topological polar surface area (TPSA) is 106 Å². The molecule has 1 aliphatic carbocycles. The quantitative estimate of drug-likeness (QED) is 0.262. The highest BCUT2D eigenvalue weighted by Gasteiger charge is 2.25. The van der Waals surface area contributed by atoms with Crippen LogP contribution in [0.1, 0.15) is 44.1 Å². The number of aromatic nitrogens is 3. The summed E-state index contributed by atoms with van der Waals surface area (Å²) in [6.07, 6.45) is 7.99. The van der Waals surface area contributed by atoms with Crippen molar-refractivity contribution >= 4 is 17.0 Å². The number of pyridine rings is 1. The van der Waals surface area contributed by atoms with E-state index in [-0.39, 0.29) is 24.2 Å². The van der Waals surface area contributed by atoms with Gasteiger partial charge >= 0.3 is 5.97 Å². The first-order valence-corrected chi connectivity index (χ1v) is 14.7. The summed E-state index contributed by atoms with van der Waals surface area (Å²) in [6.45, 7) is 5.31. The van der Waals surface area contributed by atoms with Crippen molar-refractivity contribution in [1.29, 1.82) is 0 Å². The fraction of sp³-hybridized carbons (Fsp3) is 0.581. The summed E-state index contributed by atoms with van der Waals surface area (Å²) < 4.78 is 26.4. The monoisotopic (exact) mass is 566 g/mol. The second-order valence-electron chi connectivity index (χ2n) is 11.2. The van der Waals surface area contributed by atoms with Gasteiger partial charge in [0.15, 0.2) is 0 Å². The predicted molar refractivity (Wildman–Crippen MR) is 156 cm³/mol. The zero-order valence-electron chi connectivity index (χ0n) is 24.4. The molecule has 0 spiro atoms. The third kappa shape index (κ3) is 7.17. The molecule has 1 aromatic carbocycles. The first-order chi connectivity index (χ1) is 19.9. The van der Waals surface area contributed by atoms with Gasteiger partial charge in [-0.15, -0.1) is 0 Å². The number of imidazole rings is 1. The number of rotatable bonds is 12. The molecular weight excluding hydrogens is 524 g/mol. The fourth-order valence-corrected chi connectivity index (χ4v) is 5.82. The predicted octanol–water partition coefficient (Wildman–Crippen LogP) is 3.61. The number of hydrogen-bond donors (Lipinski definition) is 1. The number of carbonyl (C=O) groups is 1. The van der Waals surface area contributed by atoms with Crippen LogP contribution in [0, 0.1) is 12.8 Å². The number of nitrogens with zero attached hydrogens (tertiary/aromatic N) is 3. The molecule has 222 valence electrons. The van der Waals surface area contributed by atoms with Gasteiger partial charge in [-0.05, 0) is 69.6 Å². The van der Waals surface area contributed by atoms with Crippen molar-refractivity contribution in [2.24, 2.45) is 13.0 Å². The Bertz CT molecular complexity index is 1360. The summed E-state index contributed by atoms with van der Waals surface area (Å²) in [5.74, 6) is 1.77. The third-order valence-corrected chi connectivity index (χ3v) is 8.09. The number of carbonyl (C=O) groups excluding carboxylic acids is 1. The standard InChI is InChI=1S/C31H42N4O6/c1-21-16-23(19-34(2)30(21)36)29-33-26-17-25(8-9-28(26)35(29)18-22-10-13-39-14-11-22)40-15-12-32-27(20-38-3)31(37)41-24-6-4-5-7-24/h8-9,16-17,19,22,24,27,32H,4-7,10-15,18,20H2,1-3H3. The molecule has 0 bridgehead atoms. The highest BCUT2D eigenvalue weighted by Crippen LogP contribution is 2.30. The van der Waals surface area contributed by atoms with Crippen molar-refractivity contribution in [3.05, 3.63) is 46.4 Å². The molecule has 2 fully saturated rings. The minimum Gasteiger partial charge on any atom is -0.492 e. The first kappa shape index (κ1) is 29.3. The van der Waals surface area contributed by atoms with E-state index in [0.717, 1.165) is 80.7 Å². The smallest absolute Gasteiger partial charge is 0.325 e. The minimum atomic E-state index is -0.527. The van der Waals surface area contributed by atoms with Gasteiger partial charge in [-0.1, -0.05) is 0 Å². The fourth-order valence-electron chi connectivity index (χ4n) is 5.82. The zero-order valence-corrected chi connectivity index (χ0v) is 24.4. The lowest BCUT2D eigenvalue weighted by Gasteiger charge is -2.23. The molecule has 1 aliphatic heterocycles. The van der Waals surface area contributed by atoms with Gasteiger partial charge < -0.3 is 28.1 Å². The summed E-state index contributed by atoms with van der Waals surface area (Å²) >= 11 is 0. The molecule has 3 heterocycles. The molecule has 0 amide bonds. The van der Waals surface area contributed by atoms with Crippen molar-refractivity contribution in [3.63, 3.8) is 0 Å². The van der Waals surface area contributed by atoms with Crippen LogP contribution in [0.2, 0.25) is 0 Å². The molecule has 1 unspecified atom stereocenters. The van der Waals surface area contributed by atoms with Gasteiger partial charge in [0.05, 0.1) is 17.6 Å². The van der Waals surface area contributed by atoms with E-state index in [9.17, 15) is 9.59 Å². The zero-order chi connectivity index (χ0) is 28.8. The van der Waals surface area contributed by atoms with Crippen LogP contribution in [0.25, 0.3) is 22.4 Å². The largest absolute Gasteiger partial charge is 0.492 e. The summed E-state index contributed by atoms with van der Waals surface area (Å²) in [5.41, 5.74) is 3.45.